The number of halogens is 2. The molecule has 1 N–H and O–H groups in total. The molecular weight excluding hydrogens is 395 g/mol. The van der Waals surface area contributed by atoms with E-state index in [1.807, 2.05) is 27.7 Å². The second-order valence-electron chi connectivity index (χ2n) is 8.24. The van der Waals surface area contributed by atoms with Crippen LogP contribution < -0.4 is 15.0 Å². The van der Waals surface area contributed by atoms with Crippen LogP contribution in [0.2, 0.25) is 5.02 Å². The zero-order valence-corrected chi connectivity index (χ0v) is 17.6. The van der Waals surface area contributed by atoms with Crippen molar-refractivity contribution in [3.63, 3.8) is 0 Å². The fraction of sp³-hybridized carbons (Fsp3) is 0.364. The molecule has 7 heteroatoms. The Morgan fingerprint density at radius 3 is 2.66 bits per heavy atom. The lowest BCUT2D eigenvalue weighted by molar-refractivity contribution is -0.127. The SMILES string of the molecule is CC(C)CN1C(=O)C(C)(C)COc2ccc(NC(=O)c3ccc(F)cc3Cl)cc21. The Bertz CT molecular complexity index is 959. The van der Waals surface area contributed by atoms with Gasteiger partial charge in [0, 0.05) is 12.2 Å². The largest absolute Gasteiger partial charge is 0.490 e. The number of anilines is 2. The molecule has 0 radical (unpaired) electrons. The van der Waals surface area contributed by atoms with Crippen molar-refractivity contribution in [1.29, 1.82) is 0 Å². The van der Waals surface area contributed by atoms with Crippen molar-refractivity contribution < 1.29 is 18.7 Å². The third-order valence-electron chi connectivity index (χ3n) is 4.64. The number of nitrogens with one attached hydrogen (secondary N) is 1. The molecule has 1 aliphatic rings. The average Bonchev–Trinajstić information content (AvgIpc) is 2.72. The number of ether oxygens (including phenoxy) is 1. The van der Waals surface area contributed by atoms with E-state index in [9.17, 15) is 14.0 Å². The fourth-order valence-corrected chi connectivity index (χ4v) is 3.39. The molecule has 0 aliphatic carbocycles. The standard InChI is InChI=1S/C22H24ClFN2O3/c1-13(2)11-26-18-10-15(6-8-19(18)29-12-22(3,4)21(26)28)25-20(27)16-7-5-14(24)9-17(16)23/h5-10,13H,11-12H2,1-4H3,(H,25,27). The number of carbonyl (C=O) groups excluding carboxylic acids is 2. The van der Waals surface area contributed by atoms with Crippen molar-refractivity contribution in [2.24, 2.45) is 11.3 Å². The normalized spacial score (nSPS) is 15.6. The molecule has 2 aromatic carbocycles. The minimum atomic E-state index is -0.668. The van der Waals surface area contributed by atoms with Gasteiger partial charge in [-0.05, 0) is 56.2 Å². The highest BCUT2D eigenvalue weighted by Gasteiger charge is 2.38. The molecule has 0 saturated heterocycles. The molecule has 2 amide bonds. The topological polar surface area (TPSA) is 58.6 Å². The molecular formula is C22H24ClFN2O3. The molecule has 1 heterocycles. The van der Waals surface area contributed by atoms with Gasteiger partial charge in [-0.3, -0.25) is 9.59 Å². The Kier molecular flexibility index (Phi) is 5.85. The highest BCUT2D eigenvalue weighted by Crippen LogP contribution is 2.38. The Morgan fingerprint density at radius 1 is 1.28 bits per heavy atom. The molecule has 154 valence electrons. The first-order valence-electron chi connectivity index (χ1n) is 9.44. The van der Waals surface area contributed by atoms with Gasteiger partial charge in [-0.2, -0.15) is 0 Å². The summed E-state index contributed by atoms with van der Waals surface area (Å²) >= 11 is 5.98. The predicted octanol–water partition coefficient (Wildman–Crippen LogP) is 5.14. The molecule has 0 spiro atoms. The van der Waals surface area contributed by atoms with Crippen LogP contribution in [0.5, 0.6) is 5.75 Å². The van der Waals surface area contributed by atoms with E-state index in [0.29, 0.717) is 23.7 Å². The van der Waals surface area contributed by atoms with Gasteiger partial charge < -0.3 is 15.0 Å². The van der Waals surface area contributed by atoms with E-state index in [2.05, 4.69) is 5.32 Å². The highest BCUT2D eigenvalue weighted by molar-refractivity contribution is 6.34. The van der Waals surface area contributed by atoms with Gasteiger partial charge in [-0.1, -0.05) is 25.4 Å². The third-order valence-corrected chi connectivity index (χ3v) is 4.96. The number of amides is 2. The maximum absolute atomic E-state index is 13.2. The zero-order chi connectivity index (χ0) is 21.3. The molecule has 1 aliphatic heterocycles. The van der Waals surface area contributed by atoms with Crippen LogP contribution in [0, 0.1) is 17.2 Å². The Labute approximate surface area is 174 Å². The van der Waals surface area contributed by atoms with Gasteiger partial charge in [-0.15, -0.1) is 0 Å². The lowest BCUT2D eigenvalue weighted by atomic mass is 9.92. The van der Waals surface area contributed by atoms with Crippen LogP contribution in [-0.2, 0) is 4.79 Å². The Hall–Kier alpha value is -2.60. The summed E-state index contributed by atoms with van der Waals surface area (Å²) in [5.74, 6) is -0.180. The summed E-state index contributed by atoms with van der Waals surface area (Å²) in [6.07, 6.45) is 0. The van der Waals surface area contributed by atoms with Crippen molar-refractivity contribution >= 4 is 34.8 Å². The van der Waals surface area contributed by atoms with E-state index in [-0.39, 0.29) is 29.0 Å². The van der Waals surface area contributed by atoms with Crippen molar-refractivity contribution in [2.45, 2.75) is 27.7 Å². The quantitative estimate of drug-likeness (QED) is 0.747. The predicted molar refractivity (Wildman–Crippen MR) is 112 cm³/mol. The number of hydrogen-bond donors (Lipinski definition) is 1. The van der Waals surface area contributed by atoms with Crippen molar-refractivity contribution in [3.8, 4) is 5.75 Å². The van der Waals surface area contributed by atoms with Crippen molar-refractivity contribution in [3.05, 3.63) is 52.8 Å². The van der Waals surface area contributed by atoms with Crippen molar-refractivity contribution in [2.75, 3.05) is 23.4 Å². The molecule has 5 nitrogen and oxygen atoms in total. The number of carbonyl (C=O) groups is 2. The Morgan fingerprint density at radius 2 is 2.00 bits per heavy atom. The van der Waals surface area contributed by atoms with Crippen LogP contribution in [0.4, 0.5) is 15.8 Å². The summed E-state index contributed by atoms with van der Waals surface area (Å²) in [5, 5.41) is 2.79. The van der Waals surface area contributed by atoms with Gasteiger partial charge >= 0.3 is 0 Å². The van der Waals surface area contributed by atoms with Crippen LogP contribution in [0.15, 0.2) is 36.4 Å². The maximum Gasteiger partial charge on any atom is 0.257 e. The fourth-order valence-electron chi connectivity index (χ4n) is 3.14. The van der Waals surface area contributed by atoms with E-state index in [0.717, 1.165) is 6.07 Å². The lowest BCUT2D eigenvalue weighted by Gasteiger charge is -2.29. The number of hydrogen-bond acceptors (Lipinski definition) is 3. The van der Waals surface area contributed by atoms with Crippen LogP contribution in [-0.4, -0.2) is 25.0 Å². The van der Waals surface area contributed by atoms with Crippen LogP contribution in [0.1, 0.15) is 38.1 Å². The summed E-state index contributed by atoms with van der Waals surface area (Å²) in [6.45, 7) is 8.58. The number of nitrogens with zero attached hydrogens (tertiary/aromatic N) is 1. The van der Waals surface area contributed by atoms with E-state index >= 15 is 0 Å². The summed E-state index contributed by atoms with van der Waals surface area (Å²) in [4.78, 5) is 27.4. The second-order valence-corrected chi connectivity index (χ2v) is 8.65. The first-order chi connectivity index (χ1) is 13.6. The number of benzene rings is 2. The Balaban J connectivity index is 1.94. The number of fused-ring (bicyclic) bond motifs is 1. The zero-order valence-electron chi connectivity index (χ0n) is 16.9. The summed E-state index contributed by atoms with van der Waals surface area (Å²) in [7, 11) is 0. The van der Waals surface area contributed by atoms with Crippen LogP contribution in [0.3, 0.4) is 0 Å². The minimum absolute atomic E-state index is 0.0268. The molecule has 0 unspecified atom stereocenters. The summed E-state index contributed by atoms with van der Waals surface area (Å²) in [6, 6.07) is 8.75. The molecule has 0 saturated carbocycles. The smallest absolute Gasteiger partial charge is 0.257 e. The van der Waals surface area contributed by atoms with Gasteiger partial charge in [0.15, 0.2) is 0 Å². The average molecular weight is 419 g/mol. The van der Waals surface area contributed by atoms with Gasteiger partial charge in [0.05, 0.1) is 21.7 Å². The third kappa shape index (κ3) is 4.53. The molecule has 0 fully saturated rings. The molecule has 29 heavy (non-hydrogen) atoms. The minimum Gasteiger partial charge on any atom is -0.490 e. The van der Waals surface area contributed by atoms with Gasteiger partial charge in [0.25, 0.3) is 5.91 Å². The van der Waals surface area contributed by atoms with Crippen LogP contribution in [0.25, 0.3) is 0 Å². The molecule has 0 bridgehead atoms. The van der Waals surface area contributed by atoms with E-state index in [1.165, 1.54) is 12.1 Å². The van der Waals surface area contributed by atoms with Crippen LogP contribution >= 0.6 is 11.6 Å². The summed E-state index contributed by atoms with van der Waals surface area (Å²) in [5.41, 5.74) is 0.589. The van der Waals surface area contributed by atoms with Gasteiger partial charge in [-0.25, -0.2) is 4.39 Å². The molecule has 0 aromatic heterocycles. The second kappa shape index (κ2) is 8.03. The first kappa shape index (κ1) is 21.1. The summed E-state index contributed by atoms with van der Waals surface area (Å²) < 4.78 is 19.1. The monoisotopic (exact) mass is 418 g/mol. The van der Waals surface area contributed by atoms with E-state index in [1.54, 1.807) is 23.1 Å². The van der Waals surface area contributed by atoms with Gasteiger partial charge in [0.1, 0.15) is 18.2 Å². The molecule has 0 atom stereocenters. The van der Waals surface area contributed by atoms with E-state index < -0.39 is 17.1 Å². The maximum atomic E-state index is 13.2. The molecule has 2 aromatic rings. The number of rotatable bonds is 4. The first-order valence-corrected chi connectivity index (χ1v) is 9.81. The highest BCUT2D eigenvalue weighted by atomic mass is 35.5. The molecule has 3 rings (SSSR count). The van der Waals surface area contributed by atoms with Crippen molar-refractivity contribution in [1.82, 2.24) is 0 Å². The lowest BCUT2D eigenvalue weighted by Crippen LogP contribution is -2.43. The van der Waals surface area contributed by atoms with E-state index in [4.69, 9.17) is 16.3 Å². The van der Waals surface area contributed by atoms with Gasteiger partial charge in [0.2, 0.25) is 5.91 Å².